The largest absolute Gasteiger partial charge is 0.468 e. The first kappa shape index (κ1) is 12.9. The van der Waals surface area contributed by atoms with Crippen LogP contribution in [0.2, 0.25) is 0 Å². The van der Waals surface area contributed by atoms with E-state index < -0.39 is 11.8 Å². The topological polar surface area (TPSA) is 43.4 Å². The van der Waals surface area contributed by atoms with Crippen LogP contribution >= 0.6 is 0 Å². The maximum absolute atomic E-state index is 13.2. The number of benzene rings is 1. The summed E-state index contributed by atoms with van der Waals surface area (Å²) in [4.78, 5) is 21.9. The Kier molecular flexibility index (Phi) is 4.41. The third kappa shape index (κ3) is 3.72. The summed E-state index contributed by atoms with van der Waals surface area (Å²) in [6.45, 7) is 1.28. The lowest BCUT2D eigenvalue weighted by Crippen LogP contribution is -1.98. The highest BCUT2D eigenvalue weighted by Crippen LogP contribution is 2.10. The number of esters is 1. The molecular formula is C13H11FO3. The van der Waals surface area contributed by atoms with Crippen molar-refractivity contribution in [1.82, 2.24) is 0 Å². The first-order valence-corrected chi connectivity index (χ1v) is 4.90. The number of ketones is 1. The third-order valence-electron chi connectivity index (χ3n) is 2.04. The predicted molar refractivity (Wildman–Crippen MR) is 59.9 cm³/mol. The molecule has 0 aromatic heterocycles. The average Bonchev–Trinajstić information content (AvgIpc) is 2.30. The third-order valence-corrected chi connectivity index (χ3v) is 2.04. The number of carbonyl (C=O) groups excluding carboxylic acids is 2. The van der Waals surface area contributed by atoms with Gasteiger partial charge in [-0.2, -0.15) is 0 Å². The van der Waals surface area contributed by atoms with E-state index in [1.165, 1.54) is 32.2 Å². The molecule has 0 N–H and O–H groups in total. The highest BCUT2D eigenvalue weighted by molar-refractivity contribution is 5.94. The summed E-state index contributed by atoms with van der Waals surface area (Å²) in [6.07, 6.45) is -0.0384. The van der Waals surface area contributed by atoms with Crippen molar-refractivity contribution in [1.29, 1.82) is 0 Å². The molecule has 88 valence electrons. The zero-order valence-corrected chi connectivity index (χ0v) is 9.54. The molecule has 0 saturated heterocycles. The van der Waals surface area contributed by atoms with Gasteiger partial charge in [0.05, 0.1) is 12.7 Å². The van der Waals surface area contributed by atoms with Crippen LogP contribution in [0.25, 0.3) is 0 Å². The van der Waals surface area contributed by atoms with Crippen LogP contribution < -0.4 is 0 Å². The second kappa shape index (κ2) is 5.80. The molecule has 0 radical (unpaired) electrons. The SMILES string of the molecule is COC(=O)CC#Cc1ccc(F)c(C(C)=O)c1. The monoisotopic (exact) mass is 234 g/mol. The van der Waals surface area contributed by atoms with Crippen molar-refractivity contribution in [2.24, 2.45) is 0 Å². The van der Waals surface area contributed by atoms with E-state index in [4.69, 9.17) is 0 Å². The second-order valence-electron chi connectivity index (χ2n) is 3.31. The molecule has 0 unspecified atom stereocenters. The molecule has 0 aliphatic rings. The van der Waals surface area contributed by atoms with Crippen molar-refractivity contribution >= 4 is 11.8 Å². The van der Waals surface area contributed by atoms with Crippen molar-refractivity contribution in [3.05, 3.63) is 35.1 Å². The zero-order chi connectivity index (χ0) is 12.8. The highest BCUT2D eigenvalue weighted by Gasteiger charge is 2.06. The molecule has 0 aliphatic carbocycles. The van der Waals surface area contributed by atoms with Gasteiger partial charge in [0.25, 0.3) is 0 Å². The van der Waals surface area contributed by atoms with Crippen molar-refractivity contribution in [3.8, 4) is 11.8 Å². The Morgan fingerprint density at radius 1 is 1.41 bits per heavy atom. The standard InChI is InChI=1S/C13H11FO3/c1-9(15)11-8-10(6-7-12(11)14)4-3-5-13(16)17-2/h6-8H,5H2,1-2H3. The normalized spacial score (nSPS) is 9.12. The lowest BCUT2D eigenvalue weighted by molar-refractivity contribution is -0.139. The molecule has 0 heterocycles. The molecule has 1 rings (SSSR count). The second-order valence-corrected chi connectivity index (χ2v) is 3.31. The molecule has 0 spiro atoms. The Morgan fingerprint density at radius 3 is 2.71 bits per heavy atom. The minimum atomic E-state index is -0.573. The highest BCUT2D eigenvalue weighted by atomic mass is 19.1. The molecule has 1 aromatic carbocycles. The average molecular weight is 234 g/mol. The van der Waals surface area contributed by atoms with E-state index >= 15 is 0 Å². The minimum Gasteiger partial charge on any atom is -0.468 e. The van der Waals surface area contributed by atoms with Gasteiger partial charge in [-0.25, -0.2) is 4.39 Å². The fourth-order valence-electron chi connectivity index (χ4n) is 1.16. The lowest BCUT2D eigenvalue weighted by Gasteiger charge is -1.98. The summed E-state index contributed by atoms with van der Waals surface area (Å²) in [5.41, 5.74) is 0.482. The van der Waals surface area contributed by atoms with E-state index in [9.17, 15) is 14.0 Å². The van der Waals surface area contributed by atoms with Gasteiger partial charge in [0.2, 0.25) is 0 Å². The minimum absolute atomic E-state index is 0.00475. The number of ether oxygens (including phenoxy) is 1. The Labute approximate surface area is 98.6 Å². The van der Waals surface area contributed by atoms with Gasteiger partial charge in [-0.15, -0.1) is 0 Å². The van der Waals surface area contributed by atoms with E-state index in [2.05, 4.69) is 16.6 Å². The molecule has 4 heteroatoms. The molecule has 0 saturated carbocycles. The summed E-state index contributed by atoms with van der Waals surface area (Å²) < 4.78 is 17.6. The fourth-order valence-corrected chi connectivity index (χ4v) is 1.16. The Bertz CT molecular complexity index is 509. The first-order valence-electron chi connectivity index (χ1n) is 4.90. The Hall–Kier alpha value is -2.15. The number of Topliss-reactive ketones (excluding diaryl/α,β-unsaturated/α-hetero) is 1. The molecule has 0 aliphatic heterocycles. The van der Waals surface area contributed by atoms with Crippen molar-refractivity contribution in [3.63, 3.8) is 0 Å². The van der Waals surface area contributed by atoms with Gasteiger partial charge in [0.15, 0.2) is 5.78 Å². The van der Waals surface area contributed by atoms with Crippen molar-refractivity contribution < 1.29 is 18.7 Å². The molecule has 0 amide bonds. The van der Waals surface area contributed by atoms with Gasteiger partial charge in [-0.05, 0) is 25.1 Å². The molecule has 0 fully saturated rings. The van der Waals surface area contributed by atoms with Crippen LogP contribution in [0, 0.1) is 17.7 Å². The zero-order valence-electron chi connectivity index (χ0n) is 9.54. The number of rotatable bonds is 2. The lowest BCUT2D eigenvalue weighted by atomic mass is 10.1. The summed E-state index contributed by atoms with van der Waals surface area (Å²) >= 11 is 0. The number of methoxy groups -OCH3 is 1. The Morgan fingerprint density at radius 2 is 2.12 bits per heavy atom. The number of halogens is 1. The van der Waals surface area contributed by atoms with E-state index in [1.807, 2.05) is 0 Å². The van der Waals surface area contributed by atoms with Gasteiger partial charge in [-0.3, -0.25) is 9.59 Å². The maximum atomic E-state index is 13.2. The smallest absolute Gasteiger partial charge is 0.317 e. The van der Waals surface area contributed by atoms with E-state index in [0.29, 0.717) is 5.56 Å². The predicted octanol–water partition coefficient (Wildman–Crippen LogP) is 1.94. The van der Waals surface area contributed by atoms with Gasteiger partial charge in [0, 0.05) is 5.56 Å². The molecule has 3 nitrogen and oxygen atoms in total. The molecular weight excluding hydrogens is 223 g/mol. The van der Waals surface area contributed by atoms with Crippen LogP contribution in [0.4, 0.5) is 4.39 Å². The maximum Gasteiger partial charge on any atom is 0.317 e. The fraction of sp³-hybridized carbons (Fsp3) is 0.231. The number of hydrogen-bond donors (Lipinski definition) is 0. The van der Waals surface area contributed by atoms with Gasteiger partial charge < -0.3 is 4.74 Å². The van der Waals surface area contributed by atoms with Gasteiger partial charge in [-0.1, -0.05) is 11.8 Å². The molecule has 0 atom stereocenters. The van der Waals surface area contributed by atoms with E-state index in [-0.39, 0.29) is 17.8 Å². The first-order chi connectivity index (χ1) is 8.04. The van der Waals surface area contributed by atoms with Crippen molar-refractivity contribution in [2.75, 3.05) is 7.11 Å². The molecule has 1 aromatic rings. The number of carbonyl (C=O) groups is 2. The summed E-state index contributed by atoms with van der Waals surface area (Å²) in [7, 11) is 1.27. The van der Waals surface area contributed by atoms with Crippen LogP contribution in [0.5, 0.6) is 0 Å². The Balaban J connectivity index is 2.89. The molecule has 0 bridgehead atoms. The molecule has 17 heavy (non-hydrogen) atoms. The van der Waals surface area contributed by atoms with E-state index in [1.54, 1.807) is 0 Å². The van der Waals surface area contributed by atoms with Crippen LogP contribution in [0.15, 0.2) is 18.2 Å². The van der Waals surface area contributed by atoms with Crippen LogP contribution in [0.3, 0.4) is 0 Å². The summed E-state index contributed by atoms with van der Waals surface area (Å²) in [5.74, 6) is 3.87. The van der Waals surface area contributed by atoms with Crippen LogP contribution in [-0.4, -0.2) is 18.9 Å². The van der Waals surface area contributed by atoms with E-state index in [0.717, 1.165) is 0 Å². The number of hydrogen-bond acceptors (Lipinski definition) is 3. The van der Waals surface area contributed by atoms with Crippen molar-refractivity contribution in [2.45, 2.75) is 13.3 Å². The quantitative estimate of drug-likeness (QED) is 0.446. The van der Waals surface area contributed by atoms with Crippen LogP contribution in [0.1, 0.15) is 29.3 Å². The van der Waals surface area contributed by atoms with Crippen LogP contribution in [-0.2, 0) is 9.53 Å². The summed E-state index contributed by atoms with van der Waals surface area (Å²) in [5, 5.41) is 0. The summed E-state index contributed by atoms with van der Waals surface area (Å²) in [6, 6.07) is 3.99. The van der Waals surface area contributed by atoms with Gasteiger partial charge in [0.1, 0.15) is 12.2 Å². The van der Waals surface area contributed by atoms with Gasteiger partial charge >= 0.3 is 5.97 Å².